The number of rotatable bonds is 5. The molecule has 156 valence electrons. The van der Waals surface area contributed by atoms with Crippen molar-refractivity contribution in [3.63, 3.8) is 0 Å². The average molecular weight is 428 g/mol. The maximum atomic E-state index is 13.5. The second kappa shape index (κ2) is 8.37. The number of morpholine rings is 1. The Morgan fingerprint density at radius 2 is 1.83 bits per heavy atom. The number of ether oxygens (including phenoxy) is 1. The fourth-order valence-electron chi connectivity index (χ4n) is 3.18. The van der Waals surface area contributed by atoms with E-state index in [2.05, 4.69) is 19.8 Å². The van der Waals surface area contributed by atoms with Gasteiger partial charge in [-0.2, -0.15) is 0 Å². The Kier molecular flexibility index (Phi) is 5.65. The summed E-state index contributed by atoms with van der Waals surface area (Å²) in [5.74, 6) is 0.334. The summed E-state index contributed by atoms with van der Waals surface area (Å²) in [5, 5.41) is 8.58. The Morgan fingerprint density at radius 3 is 2.53 bits per heavy atom. The molecule has 1 N–H and O–H groups in total. The fourth-order valence-corrected chi connectivity index (χ4v) is 4.31. The SMILES string of the molecule is Cc1cc(S(=O)(=O)Nc2cccc(-c3ccc(N4CCOCC4)nn3)c2)ccc1F. The van der Waals surface area contributed by atoms with Crippen LogP contribution >= 0.6 is 0 Å². The molecule has 0 unspecified atom stereocenters. The minimum atomic E-state index is -3.84. The van der Waals surface area contributed by atoms with E-state index in [0.717, 1.165) is 30.5 Å². The highest BCUT2D eigenvalue weighted by atomic mass is 32.2. The van der Waals surface area contributed by atoms with Crippen molar-refractivity contribution >= 4 is 21.5 Å². The van der Waals surface area contributed by atoms with Crippen LogP contribution in [0.15, 0.2) is 59.5 Å². The van der Waals surface area contributed by atoms with Gasteiger partial charge in [-0.05, 0) is 55.0 Å². The third-order valence-corrected chi connectivity index (χ3v) is 6.21. The summed E-state index contributed by atoms with van der Waals surface area (Å²) in [4.78, 5) is 2.11. The summed E-state index contributed by atoms with van der Waals surface area (Å²) in [6, 6.07) is 14.3. The second-order valence-corrected chi connectivity index (χ2v) is 8.66. The number of sulfonamides is 1. The van der Waals surface area contributed by atoms with Gasteiger partial charge in [0.1, 0.15) is 5.82 Å². The molecule has 1 aromatic heterocycles. The molecule has 1 aliphatic heterocycles. The van der Waals surface area contributed by atoms with Crippen molar-refractivity contribution in [1.82, 2.24) is 10.2 Å². The van der Waals surface area contributed by atoms with Crippen LogP contribution in [-0.4, -0.2) is 44.9 Å². The first-order chi connectivity index (χ1) is 14.4. The van der Waals surface area contributed by atoms with Crippen LogP contribution in [0.5, 0.6) is 0 Å². The lowest BCUT2D eigenvalue weighted by atomic mass is 10.1. The maximum absolute atomic E-state index is 13.5. The molecule has 30 heavy (non-hydrogen) atoms. The van der Waals surface area contributed by atoms with Gasteiger partial charge in [0.05, 0.1) is 23.8 Å². The highest BCUT2D eigenvalue weighted by Crippen LogP contribution is 2.24. The minimum Gasteiger partial charge on any atom is -0.378 e. The van der Waals surface area contributed by atoms with E-state index in [9.17, 15) is 12.8 Å². The number of hydrogen-bond acceptors (Lipinski definition) is 6. The molecule has 9 heteroatoms. The van der Waals surface area contributed by atoms with Crippen LogP contribution in [0, 0.1) is 12.7 Å². The van der Waals surface area contributed by atoms with E-state index in [1.54, 1.807) is 18.2 Å². The van der Waals surface area contributed by atoms with Crippen molar-refractivity contribution in [1.29, 1.82) is 0 Å². The fraction of sp³-hybridized carbons (Fsp3) is 0.238. The number of aromatic nitrogens is 2. The Labute approximate surface area is 174 Å². The van der Waals surface area contributed by atoms with Gasteiger partial charge in [0, 0.05) is 24.3 Å². The van der Waals surface area contributed by atoms with Gasteiger partial charge in [-0.3, -0.25) is 4.72 Å². The van der Waals surface area contributed by atoms with Crippen molar-refractivity contribution in [3.8, 4) is 11.3 Å². The van der Waals surface area contributed by atoms with E-state index in [-0.39, 0.29) is 10.5 Å². The molecule has 0 spiro atoms. The van der Waals surface area contributed by atoms with Gasteiger partial charge >= 0.3 is 0 Å². The number of benzene rings is 2. The standard InChI is InChI=1S/C21H21FN4O3S/c1-15-13-18(5-6-19(15)22)30(27,28)25-17-4-2-3-16(14-17)20-7-8-21(24-23-20)26-9-11-29-12-10-26/h2-8,13-14,25H,9-12H2,1H3. The topological polar surface area (TPSA) is 84.4 Å². The lowest BCUT2D eigenvalue weighted by molar-refractivity contribution is 0.122. The van der Waals surface area contributed by atoms with Crippen molar-refractivity contribution < 1.29 is 17.5 Å². The number of anilines is 2. The molecule has 0 radical (unpaired) electrons. The molecule has 1 aliphatic rings. The van der Waals surface area contributed by atoms with Crippen LogP contribution in [0.2, 0.25) is 0 Å². The molecule has 0 saturated carbocycles. The van der Waals surface area contributed by atoms with Crippen LogP contribution in [0.3, 0.4) is 0 Å². The van der Waals surface area contributed by atoms with E-state index < -0.39 is 15.8 Å². The Morgan fingerprint density at radius 1 is 1.03 bits per heavy atom. The molecule has 1 saturated heterocycles. The molecular formula is C21H21FN4O3S. The van der Waals surface area contributed by atoms with Gasteiger partial charge < -0.3 is 9.64 Å². The number of nitrogens with one attached hydrogen (secondary N) is 1. The molecule has 4 rings (SSSR count). The predicted octanol–water partition coefficient (Wildman–Crippen LogP) is 3.23. The van der Waals surface area contributed by atoms with Crippen molar-refractivity contribution in [3.05, 3.63) is 66.0 Å². The van der Waals surface area contributed by atoms with Crippen molar-refractivity contribution in [2.75, 3.05) is 35.9 Å². The van der Waals surface area contributed by atoms with Gasteiger partial charge in [0.2, 0.25) is 0 Å². The predicted molar refractivity (Wildman–Crippen MR) is 112 cm³/mol. The molecule has 2 aromatic carbocycles. The first-order valence-corrected chi connectivity index (χ1v) is 11.0. The molecule has 0 atom stereocenters. The molecule has 2 heterocycles. The molecule has 0 aliphatic carbocycles. The summed E-state index contributed by atoms with van der Waals surface area (Å²) >= 11 is 0. The van der Waals surface area contributed by atoms with Gasteiger partial charge in [-0.25, -0.2) is 12.8 Å². The third kappa shape index (κ3) is 4.42. The largest absolute Gasteiger partial charge is 0.378 e. The van der Waals surface area contributed by atoms with Gasteiger partial charge in [-0.15, -0.1) is 10.2 Å². The van der Waals surface area contributed by atoms with Crippen LogP contribution in [-0.2, 0) is 14.8 Å². The maximum Gasteiger partial charge on any atom is 0.261 e. The van der Waals surface area contributed by atoms with E-state index in [4.69, 9.17) is 4.74 Å². The van der Waals surface area contributed by atoms with Crippen LogP contribution in [0.4, 0.5) is 15.9 Å². The zero-order chi connectivity index (χ0) is 21.1. The highest BCUT2D eigenvalue weighted by Gasteiger charge is 2.17. The van der Waals surface area contributed by atoms with E-state index in [1.807, 2.05) is 18.2 Å². The summed E-state index contributed by atoms with van der Waals surface area (Å²) in [6.45, 7) is 4.40. The number of halogens is 1. The average Bonchev–Trinajstić information content (AvgIpc) is 2.76. The second-order valence-electron chi connectivity index (χ2n) is 6.97. The number of aryl methyl sites for hydroxylation is 1. The van der Waals surface area contributed by atoms with Crippen molar-refractivity contribution in [2.24, 2.45) is 0 Å². The minimum absolute atomic E-state index is 0.00135. The number of nitrogens with zero attached hydrogens (tertiary/aromatic N) is 3. The highest BCUT2D eigenvalue weighted by molar-refractivity contribution is 7.92. The van der Waals surface area contributed by atoms with E-state index in [1.165, 1.54) is 19.1 Å². The summed E-state index contributed by atoms with van der Waals surface area (Å²) < 4.78 is 46.7. The lowest BCUT2D eigenvalue weighted by Gasteiger charge is -2.27. The van der Waals surface area contributed by atoms with Gasteiger partial charge in [0.25, 0.3) is 10.0 Å². The molecular weight excluding hydrogens is 407 g/mol. The Hall–Kier alpha value is -3.04. The molecule has 7 nitrogen and oxygen atoms in total. The third-order valence-electron chi connectivity index (χ3n) is 4.84. The smallest absolute Gasteiger partial charge is 0.261 e. The first kappa shape index (κ1) is 20.2. The monoisotopic (exact) mass is 428 g/mol. The number of hydrogen-bond donors (Lipinski definition) is 1. The zero-order valence-electron chi connectivity index (χ0n) is 16.4. The summed E-state index contributed by atoms with van der Waals surface area (Å²) in [5.41, 5.74) is 2.01. The Balaban J connectivity index is 1.54. The lowest BCUT2D eigenvalue weighted by Crippen LogP contribution is -2.36. The molecule has 3 aromatic rings. The van der Waals surface area contributed by atoms with Crippen LogP contribution in [0.25, 0.3) is 11.3 Å². The van der Waals surface area contributed by atoms with E-state index >= 15 is 0 Å². The quantitative estimate of drug-likeness (QED) is 0.672. The zero-order valence-corrected chi connectivity index (χ0v) is 17.2. The Bertz CT molecular complexity index is 1150. The molecule has 0 bridgehead atoms. The van der Waals surface area contributed by atoms with Gasteiger partial charge in [-0.1, -0.05) is 12.1 Å². The van der Waals surface area contributed by atoms with Crippen LogP contribution < -0.4 is 9.62 Å². The first-order valence-electron chi connectivity index (χ1n) is 9.48. The normalized spacial score (nSPS) is 14.5. The van der Waals surface area contributed by atoms with Gasteiger partial charge in [0.15, 0.2) is 5.82 Å². The van der Waals surface area contributed by atoms with Crippen molar-refractivity contribution in [2.45, 2.75) is 11.8 Å². The molecule has 0 amide bonds. The van der Waals surface area contributed by atoms with E-state index in [0.29, 0.717) is 24.6 Å². The summed E-state index contributed by atoms with van der Waals surface area (Å²) in [6.07, 6.45) is 0. The molecule has 1 fully saturated rings. The van der Waals surface area contributed by atoms with Crippen LogP contribution in [0.1, 0.15) is 5.56 Å². The summed E-state index contributed by atoms with van der Waals surface area (Å²) in [7, 11) is -3.84.